The lowest BCUT2D eigenvalue weighted by Gasteiger charge is -2.25. The minimum Gasteiger partial charge on any atom is -0.387 e. The van der Waals surface area contributed by atoms with Crippen molar-refractivity contribution in [2.45, 2.75) is 49.1 Å². The average molecular weight is 644 g/mol. The largest absolute Gasteiger partial charge is 0.472 e. The number of hydrogen-bond donors (Lipinski definition) is 4. The Labute approximate surface area is 239 Å². The van der Waals surface area contributed by atoms with Crippen LogP contribution in [0.1, 0.15) is 12.5 Å². The third-order valence-corrected chi connectivity index (χ3v) is 9.26. The summed E-state index contributed by atoms with van der Waals surface area (Å²) >= 11 is 0. The van der Waals surface area contributed by atoms with Crippen molar-refractivity contribution in [1.82, 2.24) is 29.1 Å². The monoisotopic (exact) mass is 644 g/mol. The number of aromatic nitrogens is 6. The van der Waals surface area contributed by atoms with Crippen molar-refractivity contribution in [3.8, 4) is 0 Å². The van der Waals surface area contributed by atoms with Crippen LogP contribution >= 0.6 is 15.6 Å². The number of aliphatic hydroxyl groups excluding tert-OH is 1. The lowest BCUT2D eigenvalue weighted by molar-refractivity contribution is -0.0669. The number of benzene rings is 1. The molecule has 4 aromatic rings. The van der Waals surface area contributed by atoms with Crippen LogP contribution < -0.4 is 5.56 Å². The molecule has 0 radical (unpaired) electrons. The van der Waals surface area contributed by atoms with E-state index in [1.807, 2.05) is 0 Å². The second-order valence-electron chi connectivity index (χ2n) is 9.93. The fourth-order valence-electron chi connectivity index (χ4n) is 5.31. The van der Waals surface area contributed by atoms with E-state index in [4.69, 9.17) is 27.6 Å². The van der Waals surface area contributed by atoms with Gasteiger partial charge >= 0.3 is 15.6 Å². The zero-order chi connectivity index (χ0) is 30.1. The molecule has 0 aliphatic carbocycles. The Bertz CT molecular complexity index is 1830. The summed E-state index contributed by atoms with van der Waals surface area (Å²) < 4.78 is 76.6. The lowest BCUT2D eigenvalue weighted by atomic mass is 10.1. The number of imidazole rings is 2. The number of phosphoric acid groups is 2. The third kappa shape index (κ3) is 5.15. The number of halogens is 1. The molecule has 0 saturated carbocycles. The maximum absolute atomic E-state index is 15.8. The van der Waals surface area contributed by atoms with Crippen LogP contribution in [0.5, 0.6) is 0 Å². The first-order chi connectivity index (χ1) is 20.5. The first-order valence-corrected chi connectivity index (χ1v) is 15.8. The molecule has 43 heavy (non-hydrogen) atoms. The molecule has 6 heterocycles. The van der Waals surface area contributed by atoms with Gasteiger partial charge in [-0.2, -0.15) is 0 Å². The SMILES string of the molecule is O=c1[nH]cnc2c1ncn2C1OC2COP(=O)(O)OC3C(O)C(COP(=O)(O)OC2C1F)OC3n1cnc2ccccc21. The van der Waals surface area contributed by atoms with Crippen LogP contribution in [0.2, 0.25) is 0 Å². The van der Waals surface area contributed by atoms with E-state index in [1.54, 1.807) is 24.3 Å². The van der Waals surface area contributed by atoms with E-state index >= 15 is 4.39 Å². The molecule has 0 spiro atoms. The molecule has 3 aliphatic rings. The average Bonchev–Trinajstić information content (AvgIpc) is 3.72. The summed E-state index contributed by atoms with van der Waals surface area (Å²) in [5.74, 6) is 0. The third-order valence-electron chi connectivity index (χ3n) is 7.29. The fourth-order valence-corrected chi connectivity index (χ4v) is 7.19. The molecular weight excluding hydrogens is 621 g/mol. The standard InChI is InChI=1S/C22H23FN6O12P2/c23-14-17-13(39-21(14)29-9-27-15-19(29)24-7-25-20(15)31)6-37-43(34,35)41-18-16(30)12(5-36-42(32,33)40-17)38-22(18)28-8-26-10-3-1-2-4-11(10)28/h1-4,7-9,12-14,16-18,21-22,30H,5-6H2,(H,32,33)(H,34,35)(H,24,25,31). The highest BCUT2D eigenvalue weighted by molar-refractivity contribution is 7.47. The van der Waals surface area contributed by atoms with E-state index in [2.05, 4.69) is 19.9 Å². The minimum absolute atomic E-state index is 0.0634. The maximum atomic E-state index is 15.8. The molecule has 18 nitrogen and oxygen atoms in total. The van der Waals surface area contributed by atoms with Gasteiger partial charge in [0.1, 0.15) is 30.5 Å². The van der Waals surface area contributed by atoms with Crippen molar-refractivity contribution in [3.05, 3.63) is 53.6 Å². The quantitative estimate of drug-likeness (QED) is 0.220. The van der Waals surface area contributed by atoms with Gasteiger partial charge in [-0.25, -0.2) is 28.5 Å². The van der Waals surface area contributed by atoms with Gasteiger partial charge in [0.15, 0.2) is 29.8 Å². The minimum atomic E-state index is -5.08. The van der Waals surface area contributed by atoms with Crippen LogP contribution in [0, 0.1) is 0 Å². The van der Waals surface area contributed by atoms with Crippen molar-refractivity contribution in [2.75, 3.05) is 13.2 Å². The summed E-state index contributed by atoms with van der Waals surface area (Å²) in [4.78, 5) is 47.7. The molecule has 3 aliphatic heterocycles. The predicted octanol–water partition coefficient (Wildman–Crippen LogP) is 0.681. The van der Waals surface area contributed by atoms with E-state index < -0.39 is 83.6 Å². The van der Waals surface area contributed by atoms with Gasteiger partial charge in [-0.1, -0.05) is 12.1 Å². The van der Waals surface area contributed by atoms with Crippen LogP contribution in [0.15, 0.2) is 48.0 Å². The summed E-state index contributed by atoms with van der Waals surface area (Å²) in [5, 5.41) is 11.0. The van der Waals surface area contributed by atoms with Crippen LogP contribution in [-0.2, 0) is 36.7 Å². The van der Waals surface area contributed by atoms with E-state index in [1.165, 1.54) is 10.9 Å². The van der Waals surface area contributed by atoms with Gasteiger partial charge in [0.25, 0.3) is 5.56 Å². The molecular formula is C22H23FN6O12P2. The highest BCUT2D eigenvalue weighted by atomic mass is 31.2. The Hall–Kier alpha value is -2.93. The summed E-state index contributed by atoms with van der Waals surface area (Å²) in [7, 11) is -10.1. The molecule has 3 saturated heterocycles. The van der Waals surface area contributed by atoms with Crippen LogP contribution in [0.3, 0.4) is 0 Å². The smallest absolute Gasteiger partial charge is 0.387 e. The number of hydrogen-bond acceptors (Lipinski definition) is 13. The Morgan fingerprint density at radius 1 is 0.907 bits per heavy atom. The van der Waals surface area contributed by atoms with Gasteiger partial charge in [0.2, 0.25) is 0 Å². The Morgan fingerprint density at radius 2 is 1.58 bits per heavy atom. The lowest BCUT2D eigenvalue weighted by Crippen LogP contribution is -2.35. The first-order valence-electron chi connectivity index (χ1n) is 12.8. The van der Waals surface area contributed by atoms with E-state index in [-0.39, 0.29) is 11.2 Å². The second-order valence-corrected chi connectivity index (χ2v) is 12.7. The second kappa shape index (κ2) is 10.6. The number of alkyl halides is 1. The van der Waals surface area contributed by atoms with Crippen LogP contribution in [-0.4, -0.2) is 93.9 Å². The van der Waals surface area contributed by atoms with Gasteiger partial charge < -0.3 is 33.9 Å². The molecule has 230 valence electrons. The number of rotatable bonds is 2. The number of nitrogens with one attached hydrogen (secondary N) is 1. The molecule has 21 heteroatoms. The highest BCUT2D eigenvalue weighted by Crippen LogP contribution is 2.54. The summed E-state index contributed by atoms with van der Waals surface area (Å²) in [6.07, 6.45) is -9.58. The van der Waals surface area contributed by atoms with Crippen LogP contribution in [0.4, 0.5) is 4.39 Å². The molecule has 2 bridgehead atoms. The number of fused-ring (bicyclic) bond motifs is 5. The van der Waals surface area contributed by atoms with E-state index in [0.29, 0.717) is 11.0 Å². The molecule has 3 aromatic heterocycles. The molecule has 4 N–H and O–H groups in total. The summed E-state index contributed by atoms with van der Waals surface area (Å²) in [6, 6.07) is 6.87. The van der Waals surface area contributed by atoms with Gasteiger partial charge in [-0.05, 0) is 12.1 Å². The number of aliphatic hydroxyl groups is 1. The number of para-hydroxylation sites is 2. The van der Waals surface area contributed by atoms with Crippen molar-refractivity contribution in [2.24, 2.45) is 0 Å². The maximum Gasteiger partial charge on any atom is 0.472 e. The predicted molar refractivity (Wildman–Crippen MR) is 138 cm³/mol. The van der Waals surface area contributed by atoms with Gasteiger partial charge in [0, 0.05) is 0 Å². The van der Waals surface area contributed by atoms with Gasteiger partial charge in [0.05, 0.1) is 43.2 Å². The van der Waals surface area contributed by atoms with E-state index in [9.17, 15) is 28.8 Å². The van der Waals surface area contributed by atoms with Gasteiger partial charge in [-0.15, -0.1) is 0 Å². The Kier molecular flexibility index (Phi) is 7.11. The number of nitrogens with zero attached hydrogens (tertiary/aromatic N) is 5. The normalized spacial score (nSPS) is 38.9. The summed E-state index contributed by atoms with van der Waals surface area (Å²) in [5.41, 5.74) is 0.289. The van der Waals surface area contributed by atoms with Crippen molar-refractivity contribution >= 4 is 37.8 Å². The fraction of sp³-hybridized carbons (Fsp3) is 0.455. The summed E-state index contributed by atoms with van der Waals surface area (Å²) in [6.45, 7) is -1.63. The number of H-pyrrole nitrogens is 1. The molecule has 3 fully saturated rings. The highest BCUT2D eigenvalue weighted by Gasteiger charge is 2.54. The zero-order valence-corrected chi connectivity index (χ0v) is 23.4. The molecule has 1 aromatic carbocycles. The number of phosphoric ester groups is 2. The molecule has 0 amide bonds. The van der Waals surface area contributed by atoms with Crippen molar-refractivity contribution < 1.29 is 56.0 Å². The van der Waals surface area contributed by atoms with Gasteiger partial charge in [-0.3, -0.25) is 27.5 Å². The first kappa shape index (κ1) is 28.8. The Balaban J connectivity index is 1.20. The molecule has 7 rings (SSSR count). The number of aromatic amines is 1. The topological polar surface area (TPSA) is 232 Å². The molecule has 10 atom stereocenters. The van der Waals surface area contributed by atoms with E-state index in [0.717, 1.165) is 17.2 Å². The van der Waals surface area contributed by atoms with Crippen molar-refractivity contribution in [3.63, 3.8) is 0 Å². The molecule has 10 unspecified atom stereocenters. The zero-order valence-electron chi connectivity index (χ0n) is 21.6. The van der Waals surface area contributed by atoms with Crippen molar-refractivity contribution in [1.29, 1.82) is 0 Å². The Morgan fingerprint density at radius 3 is 2.37 bits per heavy atom. The van der Waals surface area contributed by atoms with Crippen LogP contribution in [0.25, 0.3) is 22.2 Å². The number of ether oxygens (including phenoxy) is 2.